The summed E-state index contributed by atoms with van der Waals surface area (Å²) in [6, 6.07) is 10.00. The quantitative estimate of drug-likeness (QED) is 0.633. The van der Waals surface area contributed by atoms with Gasteiger partial charge in [-0.3, -0.25) is 4.79 Å². The maximum Gasteiger partial charge on any atom is 0.241 e. The van der Waals surface area contributed by atoms with E-state index in [0.717, 1.165) is 10.5 Å². The molecule has 0 spiro atoms. The van der Waals surface area contributed by atoms with Crippen molar-refractivity contribution in [2.45, 2.75) is 43.5 Å². The zero-order chi connectivity index (χ0) is 20.9. The Kier molecular flexibility index (Phi) is 7.51. The van der Waals surface area contributed by atoms with Crippen LogP contribution in [0.5, 0.6) is 5.75 Å². The van der Waals surface area contributed by atoms with Crippen molar-refractivity contribution in [3.63, 3.8) is 0 Å². The molecule has 8 heteroatoms. The second-order valence-electron chi connectivity index (χ2n) is 6.62. The third-order valence-electron chi connectivity index (χ3n) is 4.13. The van der Waals surface area contributed by atoms with Gasteiger partial charge in [-0.05, 0) is 68.5 Å². The summed E-state index contributed by atoms with van der Waals surface area (Å²) in [5.41, 5.74) is 2.76. The van der Waals surface area contributed by atoms with Crippen molar-refractivity contribution in [2.75, 3.05) is 18.2 Å². The SMILES string of the molecule is CSc1ccc(S(=O)(=O)N[C@@H](C)COc2ccc(C)c(C)c2)cc1NC(C)=O. The van der Waals surface area contributed by atoms with Gasteiger partial charge in [-0.2, -0.15) is 0 Å². The van der Waals surface area contributed by atoms with E-state index in [-0.39, 0.29) is 17.4 Å². The Hall–Kier alpha value is -2.03. The number of amides is 1. The summed E-state index contributed by atoms with van der Waals surface area (Å²) in [5.74, 6) is 0.444. The minimum Gasteiger partial charge on any atom is -0.492 e. The lowest BCUT2D eigenvalue weighted by atomic mass is 10.1. The van der Waals surface area contributed by atoms with Gasteiger partial charge < -0.3 is 10.1 Å². The van der Waals surface area contributed by atoms with Gasteiger partial charge in [0.1, 0.15) is 12.4 Å². The van der Waals surface area contributed by atoms with E-state index in [4.69, 9.17) is 4.74 Å². The number of aryl methyl sites for hydroxylation is 2. The fourth-order valence-corrected chi connectivity index (χ4v) is 4.32. The molecule has 2 N–H and O–H groups in total. The number of nitrogens with one attached hydrogen (secondary N) is 2. The molecule has 152 valence electrons. The molecule has 0 saturated carbocycles. The monoisotopic (exact) mass is 422 g/mol. The summed E-state index contributed by atoms with van der Waals surface area (Å²) in [6.45, 7) is 7.34. The van der Waals surface area contributed by atoms with Gasteiger partial charge in [-0.1, -0.05) is 6.07 Å². The van der Waals surface area contributed by atoms with E-state index in [1.165, 1.54) is 36.4 Å². The van der Waals surface area contributed by atoms with Crippen LogP contribution in [0.4, 0.5) is 5.69 Å². The molecule has 0 aliphatic rings. The first kappa shape index (κ1) is 22.3. The van der Waals surface area contributed by atoms with Crippen LogP contribution in [0.15, 0.2) is 46.2 Å². The lowest BCUT2D eigenvalue weighted by Crippen LogP contribution is -2.36. The molecule has 28 heavy (non-hydrogen) atoms. The van der Waals surface area contributed by atoms with E-state index in [9.17, 15) is 13.2 Å². The molecule has 0 unspecified atom stereocenters. The lowest BCUT2D eigenvalue weighted by molar-refractivity contribution is -0.114. The highest BCUT2D eigenvalue weighted by molar-refractivity contribution is 7.98. The predicted octanol–water partition coefficient (Wildman–Crippen LogP) is 3.73. The van der Waals surface area contributed by atoms with Gasteiger partial charge in [0.25, 0.3) is 0 Å². The van der Waals surface area contributed by atoms with Crippen LogP contribution in [0.3, 0.4) is 0 Å². The van der Waals surface area contributed by atoms with Crippen molar-refractivity contribution in [2.24, 2.45) is 0 Å². The first-order chi connectivity index (χ1) is 13.1. The van der Waals surface area contributed by atoms with Gasteiger partial charge in [0, 0.05) is 11.8 Å². The van der Waals surface area contributed by atoms with Crippen molar-refractivity contribution in [3.8, 4) is 5.75 Å². The summed E-state index contributed by atoms with van der Waals surface area (Å²) >= 11 is 1.43. The summed E-state index contributed by atoms with van der Waals surface area (Å²) in [6.07, 6.45) is 1.86. The largest absolute Gasteiger partial charge is 0.492 e. The molecule has 0 bridgehead atoms. The van der Waals surface area contributed by atoms with E-state index in [1.807, 2.05) is 38.3 Å². The zero-order valence-electron chi connectivity index (χ0n) is 16.7. The Balaban J connectivity index is 2.09. The normalized spacial score (nSPS) is 12.5. The minimum absolute atomic E-state index is 0.0899. The topological polar surface area (TPSA) is 84.5 Å². The molecule has 1 amide bonds. The number of anilines is 1. The van der Waals surface area contributed by atoms with Crippen molar-refractivity contribution in [3.05, 3.63) is 47.5 Å². The predicted molar refractivity (Wildman–Crippen MR) is 114 cm³/mol. The summed E-state index contributed by atoms with van der Waals surface area (Å²) in [4.78, 5) is 12.3. The number of hydrogen-bond donors (Lipinski definition) is 2. The van der Waals surface area contributed by atoms with Crippen LogP contribution >= 0.6 is 11.8 Å². The molecule has 2 aromatic carbocycles. The van der Waals surface area contributed by atoms with E-state index >= 15 is 0 Å². The lowest BCUT2D eigenvalue weighted by Gasteiger charge is -2.17. The van der Waals surface area contributed by atoms with E-state index in [0.29, 0.717) is 11.4 Å². The molecular weight excluding hydrogens is 396 g/mol. The molecule has 6 nitrogen and oxygen atoms in total. The standard InChI is InChI=1S/C20H26N2O4S2/c1-13-6-7-17(10-14(13)2)26-12-15(3)22-28(24,25)18-8-9-20(27-5)19(11-18)21-16(4)23/h6-11,15,22H,12H2,1-5H3,(H,21,23)/t15-/m0/s1. The summed E-state index contributed by atoms with van der Waals surface area (Å²) in [5, 5.41) is 2.67. The average molecular weight is 423 g/mol. The number of thioether (sulfide) groups is 1. The number of carbonyl (C=O) groups is 1. The van der Waals surface area contributed by atoms with Gasteiger partial charge in [0.05, 0.1) is 16.6 Å². The Labute approximate surface area is 171 Å². The van der Waals surface area contributed by atoms with Gasteiger partial charge in [0.15, 0.2) is 0 Å². The van der Waals surface area contributed by atoms with Gasteiger partial charge in [0.2, 0.25) is 15.9 Å². The minimum atomic E-state index is -3.75. The Morgan fingerprint density at radius 2 is 1.86 bits per heavy atom. The van der Waals surface area contributed by atoms with Crippen LogP contribution in [0, 0.1) is 13.8 Å². The van der Waals surface area contributed by atoms with Crippen LogP contribution < -0.4 is 14.8 Å². The van der Waals surface area contributed by atoms with E-state index in [1.54, 1.807) is 13.0 Å². The molecule has 2 rings (SSSR count). The van der Waals surface area contributed by atoms with Gasteiger partial charge in [-0.15, -0.1) is 11.8 Å². The zero-order valence-corrected chi connectivity index (χ0v) is 18.3. The highest BCUT2D eigenvalue weighted by Gasteiger charge is 2.19. The van der Waals surface area contributed by atoms with E-state index < -0.39 is 16.1 Å². The number of carbonyl (C=O) groups excluding carboxylic acids is 1. The molecule has 0 saturated heterocycles. The highest BCUT2D eigenvalue weighted by atomic mass is 32.2. The second kappa shape index (κ2) is 9.45. The van der Waals surface area contributed by atoms with Crippen LogP contribution in [-0.2, 0) is 14.8 Å². The first-order valence-electron chi connectivity index (χ1n) is 8.80. The number of ether oxygens (including phenoxy) is 1. The van der Waals surface area contributed by atoms with Crippen LogP contribution in [-0.4, -0.2) is 33.2 Å². The Morgan fingerprint density at radius 3 is 2.46 bits per heavy atom. The van der Waals surface area contributed by atoms with E-state index in [2.05, 4.69) is 10.0 Å². The Bertz CT molecular complexity index is 959. The molecule has 0 aliphatic heterocycles. The molecule has 0 aliphatic carbocycles. The van der Waals surface area contributed by atoms with Crippen LogP contribution in [0.2, 0.25) is 0 Å². The molecule has 0 fully saturated rings. The molecular formula is C20H26N2O4S2. The van der Waals surface area contributed by atoms with Crippen molar-refractivity contribution < 1.29 is 17.9 Å². The van der Waals surface area contributed by atoms with Crippen molar-refractivity contribution >= 4 is 33.4 Å². The molecule has 0 radical (unpaired) electrons. The Morgan fingerprint density at radius 1 is 1.14 bits per heavy atom. The van der Waals surface area contributed by atoms with Gasteiger partial charge in [-0.25, -0.2) is 13.1 Å². The van der Waals surface area contributed by atoms with Crippen LogP contribution in [0.1, 0.15) is 25.0 Å². The highest BCUT2D eigenvalue weighted by Crippen LogP contribution is 2.28. The first-order valence-corrected chi connectivity index (χ1v) is 11.5. The second-order valence-corrected chi connectivity index (χ2v) is 9.18. The fraction of sp³-hybridized carbons (Fsp3) is 0.350. The number of benzene rings is 2. The molecule has 0 aromatic heterocycles. The number of sulfonamides is 1. The molecule has 2 aromatic rings. The summed E-state index contributed by atoms with van der Waals surface area (Å²) < 4.78 is 33.7. The molecule has 0 heterocycles. The number of rotatable bonds is 8. The van der Waals surface area contributed by atoms with Crippen molar-refractivity contribution in [1.82, 2.24) is 4.72 Å². The molecule has 1 atom stereocenters. The maximum atomic E-state index is 12.7. The smallest absolute Gasteiger partial charge is 0.241 e. The fourth-order valence-electron chi connectivity index (χ4n) is 2.53. The number of hydrogen-bond acceptors (Lipinski definition) is 5. The summed E-state index contributed by atoms with van der Waals surface area (Å²) in [7, 11) is -3.75. The van der Waals surface area contributed by atoms with Crippen LogP contribution in [0.25, 0.3) is 0 Å². The maximum absolute atomic E-state index is 12.7. The third-order valence-corrected chi connectivity index (χ3v) is 6.51. The average Bonchev–Trinajstić information content (AvgIpc) is 2.62. The third kappa shape index (κ3) is 5.98. The van der Waals surface area contributed by atoms with Crippen molar-refractivity contribution in [1.29, 1.82) is 0 Å². The van der Waals surface area contributed by atoms with Gasteiger partial charge >= 0.3 is 0 Å².